The normalized spacial score (nSPS) is 18.1. The number of amides is 1. The van der Waals surface area contributed by atoms with Gasteiger partial charge < -0.3 is 15.8 Å². The molecule has 1 aliphatic rings. The summed E-state index contributed by atoms with van der Waals surface area (Å²) in [5, 5.41) is 3.32. The van der Waals surface area contributed by atoms with E-state index in [2.05, 4.69) is 5.32 Å². The Morgan fingerprint density at radius 1 is 1.44 bits per heavy atom. The molecule has 2 rings (SSSR count). The standard InChI is InChI=1S/C14H18N2O2/c15-14(17)9-11-5-1-2-7-13(11)16-10-12-6-3-4-8-18-12/h1-2,4-5,7-8,12,16H,3,6,9-10H2,(H2,15,17). The van der Waals surface area contributed by atoms with E-state index in [9.17, 15) is 4.79 Å². The molecule has 4 nitrogen and oxygen atoms in total. The van der Waals surface area contributed by atoms with Crippen LogP contribution in [0.5, 0.6) is 0 Å². The van der Waals surface area contributed by atoms with Crippen LogP contribution in [0, 0.1) is 0 Å². The highest BCUT2D eigenvalue weighted by Crippen LogP contribution is 2.17. The van der Waals surface area contributed by atoms with E-state index < -0.39 is 0 Å². The molecule has 18 heavy (non-hydrogen) atoms. The predicted octanol–water partition coefficient (Wildman–Crippen LogP) is 1.82. The number of benzene rings is 1. The number of hydrogen-bond donors (Lipinski definition) is 2. The van der Waals surface area contributed by atoms with Crippen LogP contribution in [-0.4, -0.2) is 18.6 Å². The van der Waals surface area contributed by atoms with E-state index in [-0.39, 0.29) is 18.4 Å². The van der Waals surface area contributed by atoms with E-state index in [1.165, 1.54) is 0 Å². The van der Waals surface area contributed by atoms with Gasteiger partial charge in [0.2, 0.25) is 5.91 Å². The maximum Gasteiger partial charge on any atom is 0.221 e. The zero-order chi connectivity index (χ0) is 12.8. The number of ether oxygens (including phenoxy) is 1. The number of nitrogens with one attached hydrogen (secondary N) is 1. The molecule has 1 atom stereocenters. The van der Waals surface area contributed by atoms with Gasteiger partial charge in [0.1, 0.15) is 6.10 Å². The van der Waals surface area contributed by atoms with Gasteiger partial charge in [0.15, 0.2) is 0 Å². The molecule has 0 saturated heterocycles. The molecule has 1 aromatic carbocycles. The Morgan fingerprint density at radius 2 is 2.28 bits per heavy atom. The first-order valence-corrected chi connectivity index (χ1v) is 6.16. The van der Waals surface area contributed by atoms with E-state index in [1.807, 2.05) is 30.3 Å². The summed E-state index contributed by atoms with van der Waals surface area (Å²) in [7, 11) is 0. The summed E-state index contributed by atoms with van der Waals surface area (Å²) < 4.78 is 5.49. The molecule has 4 heteroatoms. The van der Waals surface area contributed by atoms with Crippen molar-refractivity contribution in [2.45, 2.75) is 25.4 Å². The Morgan fingerprint density at radius 3 is 3.00 bits per heavy atom. The number of para-hydroxylation sites is 1. The van der Waals surface area contributed by atoms with E-state index in [0.29, 0.717) is 0 Å². The summed E-state index contributed by atoms with van der Waals surface area (Å²) in [4.78, 5) is 11.0. The summed E-state index contributed by atoms with van der Waals surface area (Å²) in [6, 6.07) is 7.71. The third kappa shape index (κ3) is 3.52. The predicted molar refractivity (Wildman–Crippen MR) is 71.1 cm³/mol. The second kappa shape index (κ2) is 6.10. The molecule has 0 bridgehead atoms. The molecule has 0 aromatic heterocycles. The molecular weight excluding hydrogens is 228 g/mol. The van der Waals surface area contributed by atoms with Crippen LogP contribution < -0.4 is 11.1 Å². The highest BCUT2D eigenvalue weighted by atomic mass is 16.5. The molecule has 0 saturated carbocycles. The average molecular weight is 246 g/mol. The Kier molecular flexibility index (Phi) is 4.23. The zero-order valence-corrected chi connectivity index (χ0v) is 10.3. The number of allylic oxidation sites excluding steroid dienone is 1. The summed E-state index contributed by atoms with van der Waals surface area (Å²) in [6.45, 7) is 0.736. The Hall–Kier alpha value is -1.97. The van der Waals surface area contributed by atoms with Crippen LogP contribution in [-0.2, 0) is 16.0 Å². The van der Waals surface area contributed by atoms with Gasteiger partial charge in [0.05, 0.1) is 19.2 Å². The van der Waals surface area contributed by atoms with Gasteiger partial charge in [-0.25, -0.2) is 0 Å². The fourth-order valence-electron chi connectivity index (χ4n) is 1.99. The summed E-state index contributed by atoms with van der Waals surface area (Å²) in [5.74, 6) is -0.318. The molecule has 1 amide bonds. The molecule has 0 radical (unpaired) electrons. The lowest BCUT2D eigenvalue weighted by molar-refractivity contribution is -0.117. The molecule has 1 heterocycles. The summed E-state index contributed by atoms with van der Waals surface area (Å²) >= 11 is 0. The van der Waals surface area contributed by atoms with Gasteiger partial charge >= 0.3 is 0 Å². The minimum Gasteiger partial charge on any atom is -0.497 e. The summed E-state index contributed by atoms with van der Waals surface area (Å²) in [5.41, 5.74) is 7.11. The lowest BCUT2D eigenvalue weighted by Crippen LogP contribution is -2.24. The molecule has 0 spiro atoms. The number of carbonyl (C=O) groups is 1. The van der Waals surface area contributed by atoms with Crippen molar-refractivity contribution in [1.82, 2.24) is 0 Å². The monoisotopic (exact) mass is 246 g/mol. The van der Waals surface area contributed by atoms with Gasteiger partial charge in [-0.2, -0.15) is 0 Å². The number of primary amides is 1. The Labute approximate surface area is 107 Å². The molecule has 3 N–H and O–H groups in total. The highest BCUT2D eigenvalue weighted by molar-refractivity contribution is 5.78. The van der Waals surface area contributed by atoms with E-state index in [1.54, 1.807) is 6.26 Å². The maximum atomic E-state index is 11.0. The highest BCUT2D eigenvalue weighted by Gasteiger charge is 2.11. The largest absolute Gasteiger partial charge is 0.497 e. The van der Waals surface area contributed by atoms with Gasteiger partial charge in [-0.3, -0.25) is 4.79 Å². The molecule has 0 fully saturated rings. The smallest absolute Gasteiger partial charge is 0.221 e. The number of hydrogen-bond acceptors (Lipinski definition) is 3. The maximum absolute atomic E-state index is 11.0. The van der Waals surface area contributed by atoms with Crippen molar-refractivity contribution >= 4 is 11.6 Å². The number of carbonyl (C=O) groups excluding carboxylic acids is 1. The van der Waals surface area contributed by atoms with Crippen LogP contribution in [0.15, 0.2) is 36.6 Å². The number of nitrogens with two attached hydrogens (primary N) is 1. The van der Waals surface area contributed by atoms with Gasteiger partial charge in [0.25, 0.3) is 0 Å². The SMILES string of the molecule is NC(=O)Cc1ccccc1NCC1CCC=CO1. The van der Waals surface area contributed by atoms with Crippen molar-refractivity contribution in [2.24, 2.45) is 5.73 Å². The molecule has 1 aliphatic heterocycles. The third-order valence-electron chi connectivity index (χ3n) is 2.92. The van der Waals surface area contributed by atoms with E-state index in [4.69, 9.17) is 10.5 Å². The van der Waals surface area contributed by atoms with Crippen molar-refractivity contribution in [3.63, 3.8) is 0 Å². The van der Waals surface area contributed by atoms with Gasteiger partial charge in [-0.15, -0.1) is 0 Å². The van der Waals surface area contributed by atoms with Crippen molar-refractivity contribution in [3.8, 4) is 0 Å². The third-order valence-corrected chi connectivity index (χ3v) is 2.92. The van der Waals surface area contributed by atoms with Crippen molar-refractivity contribution < 1.29 is 9.53 Å². The van der Waals surface area contributed by atoms with Crippen LogP contribution in [0.1, 0.15) is 18.4 Å². The van der Waals surface area contributed by atoms with Crippen molar-refractivity contribution in [3.05, 3.63) is 42.2 Å². The van der Waals surface area contributed by atoms with E-state index >= 15 is 0 Å². The summed E-state index contributed by atoms with van der Waals surface area (Å²) in [6.07, 6.45) is 6.30. The quantitative estimate of drug-likeness (QED) is 0.833. The van der Waals surface area contributed by atoms with Crippen LogP contribution >= 0.6 is 0 Å². The van der Waals surface area contributed by atoms with Crippen molar-refractivity contribution in [1.29, 1.82) is 0 Å². The van der Waals surface area contributed by atoms with Crippen LogP contribution in [0.25, 0.3) is 0 Å². The van der Waals surface area contributed by atoms with Crippen LogP contribution in [0.4, 0.5) is 5.69 Å². The van der Waals surface area contributed by atoms with Gasteiger partial charge in [-0.05, 0) is 30.5 Å². The first kappa shape index (κ1) is 12.5. The topological polar surface area (TPSA) is 64.4 Å². The minimum absolute atomic E-state index is 0.191. The molecular formula is C14H18N2O2. The van der Waals surface area contributed by atoms with Gasteiger partial charge in [-0.1, -0.05) is 18.2 Å². The first-order chi connectivity index (χ1) is 8.75. The molecule has 1 unspecified atom stereocenters. The lowest BCUT2D eigenvalue weighted by atomic mass is 10.1. The molecule has 96 valence electrons. The fraction of sp³-hybridized carbons (Fsp3) is 0.357. The molecule has 0 aliphatic carbocycles. The van der Waals surface area contributed by atoms with E-state index in [0.717, 1.165) is 30.6 Å². The fourth-order valence-corrected chi connectivity index (χ4v) is 1.99. The Balaban J connectivity index is 1.95. The number of anilines is 1. The van der Waals surface area contributed by atoms with Crippen LogP contribution in [0.3, 0.4) is 0 Å². The lowest BCUT2D eigenvalue weighted by Gasteiger charge is -2.21. The minimum atomic E-state index is -0.318. The zero-order valence-electron chi connectivity index (χ0n) is 10.3. The second-order valence-electron chi connectivity index (χ2n) is 4.39. The van der Waals surface area contributed by atoms with Gasteiger partial charge in [0, 0.05) is 5.69 Å². The van der Waals surface area contributed by atoms with Crippen molar-refractivity contribution in [2.75, 3.05) is 11.9 Å². The molecule has 1 aromatic rings. The van der Waals surface area contributed by atoms with Crippen LogP contribution in [0.2, 0.25) is 0 Å². The average Bonchev–Trinajstić information content (AvgIpc) is 2.38. The second-order valence-corrected chi connectivity index (χ2v) is 4.39. The Bertz CT molecular complexity index is 443. The number of rotatable bonds is 5. The first-order valence-electron chi connectivity index (χ1n) is 6.16.